The van der Waals surface area contributed by atoms with Crippen LogP contribution in [-0.4, -0.2) is 10.9 Å². The van der Waals surface area contributed by atoms with Crippen molar-refractivity contribution in [3.63, 3.8) is 0 Å². The zero-order valence-corrected chi connectivity index (χ0v) is 11.6. The Morgan fingerprint density at radius 1 is 1.36 bits per heavy atom. The maximum absolute atomic E-state index is 12.4. The van der Waals surface area contributed by atoms with Gasteiger partial charge in [0.1, 0.15) is 6.26 Å². The number of hydrogen-bond donors (Lipinski definition) is 2. The highest BCUT2D eigenvalue weighted by Gasteiger charge is 2.29. The number of carbonyl (C=O) groups excluding carboxylic acids is 1. The second kappa shape index (κ2) is 6.18. The molecule has 1 heterocycles. The molecule has 0 radical (unpaired) electrons. The van der Waals surface area contributed by atoms with E-state index < -0.39 is 23.7 Å². The van der Waals surface area contributed by atoms with E-state index in [2.05, 4.69) is 10.3 Å². The van der Waals surface area contributed by atoms with Gasteiger partial charge in [-0.05, 0) is 24.6 Å². The Morgan fingerprint density at radius 2 is 2.00 bits per heavy atom. The Labute approximate surface area is 124 Å². The average Bonchev–Trinajstić information content (AvgIpc) is 2.94. The van der Waals surface area contributed by atoms with Crippen molar-refractivity contribution in [3.8, 4) is 0 Å². The Balaban J connectivity index is 1.96. The van der Waals surface area contributed by atoms with Crippen LogP contribution in [0.5, 0.6) is 0 Å². The van der Waals surface area contributed by atoms with Crippen LogP contribution in [0.4, 0.5) is 13.2 Å². The highest BCUT2D eigenvalue weighted by molar-refractivity contribution is 5.91. The lowest BCUT2D eigenvalue weighted by Crippen LogP contribution is -2.23. The van der Waals surface area contributed by atoms with Gasteiger partial charge >= 0.3 is 6.18 Å². The normalized spacial score (nSPS) is 13.0. The molecule has 22 heavy (non-hydrogen) atoms. The fourth-order valence-corrected chi connectivity index (χ4v) is 1.69. The Morgan fingerprint density at radius 3 is 2.50 bits per heavy atom. The number of benzene rings is 1. The summed E-state index contributed by atoms with van der Waals surface area (Å²) in [5, 5.41) is 2.54. The summed E-state index contributed by atoms with van der Waals surface area (Å²) >= 11 is 0. The lowest BCUT2D eigenvalue weighted by Gasteiger charge is -2.08. The molecule has 1 amide bonds. The van der Waals surface area contributed by atoms with E-state index in [4.69, 9.17) is 10.2 Å². The van der Waals surface area contributed by atoms with E-state index >= 15 is 0 Å². The predicted molar refractivity (Wildman–Crippen MR) is 71.7 cm³/mol. The second-order valence-corrected chi connectivity index (χ2v) is 4.74. The second-order valence-electron chi connectivity index (χ2n) is 4.74. The van der Waals surface area contributed by atoms with Gasteiger partial charge in [-0.15, -0.1) is 0 Å². The van der Waals surface area contributed by atoms with E-state index in [-0.39, 0.29) is 18.1 Å². The van der Waals surface area contributed by atoms with Crippen LogP contribution in [0.25, 0.3) is 0 Å². The molecule has 0 aliphatic rings. The first-order valence-corrected chi connectivity index (χ1v) is 6.42. The van der Waals surface area contributed by atoms with Crippen LogP contribution in [0.1, 0.15) is 40.5 Å². The quantitative estimate of drug-likeness (QED) is 0.909. The van der Waals surface area contributed by atoms with Crippen LogP contribution in [0.3, 0.4) is 0 Å². The maximum Gasteiger partial charge on any atom is 0.416 e. The summed E-state index contributed by atoms with van der Waals surface area (Å²) in [7, 11) is 0. The summed E-state index contributed by atoms with van der Waals surface area (Å²) in [6.07, 6.45) is -3.20. The fourth-order valence-electron chi connectivity index (χ4n) is 1.69. The van der Waals surface area contributed by atoms with E-state index in [0.29, 0.717) is 5.56 Å². The summed E-state index contributed by atoms with van der Waals surface area (Å²) in [6.45, 7) is 1.74. The minimum Gasteiger partial charge on any atom is -0.446 e. The van der Waals surface area contributed by atoms with Crippen LogP contribution >= 0.6 is 0 Å². The molecule has 0 saturated carbocycles. The molecule has 8 heteroatoms. The van der Waals surface area contributed by atoms with E-state index in [1.807, 2.05) is 0 Å². The third kappa shape index (κ3) is 3.85. The van der Waals surface area contributed by atoms with E-state index in [1.165, 1.54) is 18.4 Å². The van der Waals surface area contributed by atoms with Gasteiger partial charge in [0.15, 0.2) is 5.69 Å². The van der Waals surface area contributed by atoms with Crippen LogP contribution in [-0.2, 0) is 12.7 Å². The monoisotopic (exact) mass is 313 g/mol. The highest BCUT2D eigenvalue weighted by atomic mass is 19.4. The number of carbonyl (C=O) groups is 1. The number of nitrogens with zero attached hydrogens (tertiary/aromatic N) is 1. The molecule has 118 valence electrons. The van der Waals surface area contributed by atoms with E-state index in [1.54, 1.807) is 6.92 Å². The molecule has 3 N–H and O–H groups in total. The van der Waals surface area contributed by atoms with Crippen molar-refractivity contribution in [1.82, 2.24) is 10.3 Å². The molecule has 0 saturated heterocycles. The molecule has 1 atom stereocenters. The van der Waals surface area contributed by atoms with Gasteiger partial charge in [-0.3, -0.25) is 4.79 Å². The molecular formula is C14H14F3N3O2. The molecule has 1 aromatic carbocycles. The van der Waals surface area contributed by atoms with Gasteiger partial charge in [0, 0.05) is 6.54 Å². The first-order valence-electron chi connectivity index (χ1n) is 6.42. The summed E-state index contributed by atoms with van der Waals surface area (Å²) < 4.78 is 42.3. The van der Waals surface area contributed by atoms with E-state index in [0.717, 1.165) is 12.1 Å². The van der Waals surface area contributed by atoms with Crippen molar-refractivity contribution in [2.45, 2.75) is 25.7 Å². The van der Waals surface area contributed by atoms with Crippen LogP contribution in [0.2, 0.25) is 0 Å². The zero-order chi connectivity index (χ0) is 16.3. The first-order chi connectivity index (χ1) is 10.3. The molecule has 1 unspecified atom stereocenters. The summed E-state index contributed by atoms with van der Waals surface area (Å²) in [4.78, 5) is 15.7. The molecule has 2 aromatic rings. The molecule has 0 aliphatic carbocycles. The average molecular weight is 313 g/mol. The number of hydrogen-bond acceptors (Lipinski definition) is 4. The first kappa shape index (κ1) is 16.0. The number of nitrogens with two attached hydrogens (primary N) is 1. The summed E-state index contributed by atoms with van der Waals surface area (Å²) in [5.74, 6) is -0.254. The minimum atomic E-state index is -4.38. The SMILES string of the molecule is CC(N)c1nc(C(=O)NCc2ccc(C(F)(F)F)cc2)co1. The van der Waals surface area contributed by atoms with E-state index in [9.17, 15) is 18.0 Å². The maximum atomic E-state index is 12.4. The van der Waals surface area contributed by atoms with Gasteiger partial charge in [0.05, 0.1) is 11.6 Å². The Kier molecular flexibility index (Phi) is 4.51. The number of nitrogens with one attached hydrogen (secondary N) is 1. The van der Waals surface area contributed by atoms with Gasteiger partial charge in [0.2, 0.25) is 5.89 Å². The minimum absolute atomic E-state index is 0.0687. The zero-order valence-electron chi connectivity index (χ0n) is 11.6. The topological polar surface area (TPSA) is 81.1 Å². The molecule has 0 aliphatic heterocycles. The van der Waals surface area contributed by atoms with Crippen LogP contribution in [0, 0.1) is 0 Å². The number of alkyl halides is 3. The molecule has 0 bridgehead atoms. The molecule has 2 rings (SSSR count). The van der Waals surface area contributed by atoms with Gasteiger partial charge in [0.25, 0.3) is 5.91 Å². The van der Waals surface area contributed by atoms with Gasteiger partial charge < -0.3 is 15.5 Å². The summed E-state index contributed by atoms with van der Waals surface area (Å²) in [5.41, 5.74) is 5.43. The van der Waals surface area contributed by atoms with Crippen molar-refractivity contribution in [1.29, 1.82) is 0 Å². The third-order valence-corrected chi connectivity index (χ3v) is 2.88. The number of oxazole rings is 1. The van der Waals surface area contributed by atoms with Crippen molar-refractivity contribution >= 4 is 5.91 Å². The lowest BCUT2D eigenvalue weighted by molar-refractivity contribution is -0.137. The smallest absolute Gasteiger partial charge is 0.416 e. The molecule has 1 aromatic heterocycles. The molecular weight excluding hydrogens is 299 g/mol. The predicted octanol–water partition coefficient (Wildman–Crippen LogP) is 2.64. The van der Waals surface area contributed by atoms with Crippen molar-refractivity contribution in [3.05, 3.63) is 53.2 Å². The lowest BCUT2D eigenvalue weighted by atomic mass is 10.1. The standard InChI is InChI=1S/C14H14F3N3O2/c1-8(18)13-20-11(7-22-13)12(21)19-6-9-2-4-10(5-3-9)14(15,16)17/h2-5,7-8H,6,18H2,1H3,(H,19,21). The largest absolute Gasteiger partial charge is 0.446 e. The Hall–Kier alpha value is -2.35. The number of aromatic nitrogens is 1. The van der Waals surface area contributed by atoms with Crippen LogP contribution < -0.4 is 11.1 Å². The van der Waals surface area contributed by atoms with Crippen molar-refractivity contribution in [2.75, 3.05) is 0 Å². The fraction of sp³-hybridized carbons (Fsp3) is 0.286. The highest BCUT2D eigenvalue weighted by Crippen LogP contribution is 2.29. The van der Waals surface area contributed by atoms with Gasteiger partial charge in [-0.2, -0.15) is 13.2 Å². The Bertz CT molecular complexity index is 648. The third-order valence-electron chi connectivity index (χ3n) is 2.88. The molecule has 0 spiro atoms. The number of rotatable bonds is 4. The molecule has 0 fully saturated rings. The summed E-state index contributed by atoms with van der Waals surface area (Å²) in [6, 6.07) is 4.10. The molecule has 5 nitrogen and oxygen atoms in total. The van der Waals surface area contributed by atoms with Gasteiger partial charge in [-0.25, -0.2) is 4.98 Å². The van der Waals surface area contributed by atoms with Crippen molar-refractivity contribution in [2.24, 2.45) is 5.73 Å². The number of amides is 1. The van der Waals surface area contributed by atoms with Crippen molar-refractivity contribution < 1.29 is 22.4 Å². The van der Waals surface area contributed by atoms with Crippen LogP contribution in [0.15, 0.2) is 34.9 Å². The van der Waals surface area contributed by atoms with Gasteiger partial charge in [-0.1, -0.05) is 12.1 Å². The number of halogens is 3.